The summed E-state index contributed by atoms with van der Waals surface area (Å²) in [6.45, 7) is 5.49. The number of nitrogens with one attached hydrogen (secondary N) is 1. The predicted molar refractivity (Wildman–Crippen MR) is 134 cm³/mol. The average Bonchev–Trinajstić information content (AvgIpc) is 3.58. The van der Waals surface area contributed by atoms with Crippen LogP contribution in [-0.4, -0.2) is 41.8 Å². The van der Waals surface area contributed by atoms with Crippen molar-refractivity contribution in [1.82, 2.24) is 20.3 Å². The molecule has 0 unspecified atom stereocenters. The second kappa shape index (κ2) is 10.5. The van der Waals surface area contributed by atoms with Gasteiger partial charge in [-0.25, -0.2) is 4.68 Å². The molecule has 192 valence electrons. The largest absolute Gasteiger partial charge is 0.484 e. The van der Waals surface area contributed by atoms with Gasteiger partial charge in [-0.1, -0.05) is 49.1 Å². The molecule has 1 amide bonds. The quantitative estimate of drug-likeness (QED) is 0.361. The number of carbonyl (C=O) groups is 1. The molecule has 0 saturated heterocycles. The highest BCUT2D eigenvalue weighted by Gasteiger charge is 2.28. The summed E-state index contributed by atoms with van der Waals surface area (Å²) in [5.74, 6) is 0.689. The van der Waals surface area contributed by atoms with Crippen LogP contribution in [0.1, 0.15) is 35.6 Å². The molecule has 1 fully saturated rings. The Morgan fingerprint density at radius 3 is 2.33 bits per heavy atom. The topological polar surface area (TPSA) is 69.0 Å². The molecule has 1 saturated carbocycles. The second-order valence-electron chi connectivity index (χ2n) is 10.5. The number of nitrogens with zero attached hydrogens (tertiary/aromatic N) is 3. The Hall–Kier alpha value is -3.14. The molecule has 4 rings (SSSR count). The summed E-state index contributed by atoms with van der Waals surface area (Å²) in [6.07, 6.45) is -0.936. The summed E-state index contributed by atoms with van der Waals surface area (Å²) < 4.78 is 44.1. The van der Waals surface area contributed by atoms with Crippen LogP contribution >= 0.6 is 0 Å². The van der Waals surface area contributed by atoms with Gasteiger partial charge in [0.25, 0.3) is 0 Å². The molecule has 1 heterocycles. The minimum atomic E-state index is -4.40. The second-order valence-corrected chi connectivity index (χ2v) is 15.9. The van der Waals surface area contributed by atoms with Gasteiger partial charge in [-0.3, -0.25) is 4.79 Å². The van der Waals surface area contributed by atoms with Gasteiger partial charge in [0, 0.05) is 11.7 Å². The van der Waals surface area contributed by atoms with E-state index in [2.05, 4.69) is 47.4 Å². The number of carbonyl (C=O) groups excluding carboxylic acids is 1. The zero-order valence-corrected chi connectivity index (χ0v) is 21.7. The monoisotopic (exact) mass is 516 g/mol. The number of ether oxygens (including phenoxy) is 1. The fourth-order valence-electron chi connectivity index (χ4n) is 3.97. The van der Waals surface area contributed by atoms with Gasteiger partial charge in [-0.15, -0.1) is 5.10 Å². The SMILES string of the molecule is C[Si](C)(C)Cn1nnc(CNC(=O)Cc2ccc(C3CC3)cc2)c1-c1ccc(OCC(F)(F)F)cc1. The predicted octanol–water partition coefficient (Wildman–Crippen LogP) is 5.50. The third kappa shape index (κ3) is 7.43. The lowest BCUT2D eigenvalue weighted by molar-refractivity contribution is -0.153. The zero-order chi connectivity index (χ0) is 25.9. The van der Waals surface area contributed by atoms with Crippen LogP contribution in [0, 0.1) is 0 Å². The van der Waals surface area contributed by atoms with E-state index in [1.54, 1.807) is 12.1 Å². The van der Waals surface area contributed by atoms with E-state index in [0.717, 1.165) is 16.8 Å². The normalized spacial score (nSPS) is 14.1. The Kier molecular flexibility index (Phi) is 7.53. The van der Waals surface area contributed by atoms with Crippen LogP contribution < -0.4 is 10.1 Å². The van der Waals surface area contributed by atoms with Gasteiger partial charge < -0.3 is 10.1 Å². The van der Waals surface area contributed by atoms with E-state index >= 15 is 0 Å². The third-order valence-corrected chi connectivity index (χ3v) is 7.05. The van der Waals surface area contributed by atoms with Gasteiger partial charge in [-0.2, -0.15) is 13.2 Å². The van der Waals surface area contributed by atoms with Gasteiger partial charge in [0.2, 0.25) is 5.91 Å². The van der Waals surface area contributed by atoms with Gasteiger partial charge in [0.15, 0.2) is 6.61 Å². The number of amides is 1. The molecule has 0 radical (unpaired) electrons. The van der Waals surface area contributed by atoms with Crippen molar-refractivity contribution in [3.8, 4) is 17.0 Å². The molecule has 0 atom stereocenters. The average molecular weight is 517 g/mol. The molecule has 1 aliphatic rings. The number of hydrogen-bond acceptors (Lipinski definition) is 4. The van der Waals surface area contributed by atoms with Crippen molar-refractivity contribution in [1.29, 1.82) is 0 Å². The highest BCUT2D eigenvalue weighted by molar-refractivity contribution is 6.74. The molecule has 3 aromatic rings. The number of halogens is 3. The lowest BCUT2D eigenvalue weighted by Gasteiger charge is -2.18. The van der Waals surface area contributed by atoms with E-state index in [0.29, 0.717) is 17.8 Å². The fourth-order valence-corrected chi connectivity index (χ4v) is 5.09. The standard InChI is InChI=1S/C26H31F3N4O2Si/c1-36(2,3)17-33-25(21-10-12-22(13-11-21)35-16-26(27,28)29)23(31-32-33)15-30-24(34)14-18-4-6-19(7-5-18)20-8-9-20/h4-7,10-13,20H,8-9,14-17H2,1-3H3,(H,30,34). The van der Waals surface area contributed by atoms with Crippen molar-refractivity contribution in [3.05, 3.63) is 65.4 Å². The Morgan fingerprint density at radius 2 is 1.75 bits per heavy atom. The summed E-state index contributed by atoms with van der Waals surface area (Å²) in [4.78, 5) is 12.6. The summed E-state index contributed by atoms with van der Waals surface area (Å²) in [6, 6.07) is 14.6. The van der Waals surface area contributed by atoms with Crippen molar-refractivity contribution in [3.63, 3.8) is 0 Å². The van der Waals surface area contributed by atoms with Gasteiger partial charge in [0.1, 0.15) is 11.4 Å². The number of benzene rings is 2. The van der Waals surface area contributed by atoms with Crippen molar-refractivity contribution in [2.75, 3.05) is 6.61 Å². The number of alkyl halides is 3. The first-order valence-corrected chi connectivity index (χ1v) is 15.8. The molecule has 10 heteroatoms. The number of rotatable bonds is 10. The minimum Gasteiger partial charge on any atom is -0.484 e. The van der Waals surface area contributed by atoms with Crippen LogP contribution in [0.25, 0.3) is 11.3 Å². The molecule has 2 aromatic carbocycles. The van der Waals surface area contributed by atoms with Crippen LogP contribution in [-0.2, 0) is 23.9 Å². The molecule has 0 spiro atoms. The Labute approximate surface area is 209 Å². The maximum Gasteiger partial charge on any atom is 0.422 e. The van der Waals surface area contributed by atoms with E-state index in [4.69, 9.17) is 4.74 Å². The van der Waals surface area contributed by atoms with Gasteiger partial charge in [-0.05, 0) is 54.2 Å². The van der Waals surface area contributed by atoms with Gasteiger partial charge >= 0.3 is 6.18 Å². The van der Waals surface area contributed by atoms with Crippen molar-refractivity contribution in [2.24, 2.45) is 0 Å². The van der Waals surface area contributed by atoms with Crippen LogP contribution in [0.15, 0.2) is 48.5 Å². The first kappa shape index (κ1) is 25.9. The van der Waals surface area contributed by atoms with Gasteiger partial charge in [0.05, 0.1) is 26.7 Å². The zero-order valence-electron chi connectivity index (χ0n) is 20.7. The van der Waals surface area contributed by atoms with E-state index in [1.807, 2.05) is 16.8 Å². The van der Waals surface area contributed by atoms with Crippen molar-refractivity contribution < 1.29 is 22.7 Å². The van der Waals surface area contributed by atoms with Crippen LogP contribution in [0.4, 0.5) is 13.2 Å². The molecule has 1 aromatic heterocycles. The van der Waals surface area contributed by atoms with E-state index in [9.17, 15) is 18.0 Å². The molecule has 1 N–H and O–H groups in total. The smallest absolute Gasteiger partial charge is 0.422 e. The van der Waals surface area contributed by atoms with Crippen LogP contribution in [0.2, 0.25) is 19.6 Å². The van der Waals surface area contributed by atoms with Crippen molar-refractivity contribution in [2.45, 2.75) is 63.7 Å². The molecule has 0 aliphatic heterocycles. The highest BCUT2D eigenvalue weighted by Crippen LogP contribution is 2.39. The maximum absolute atomic E-state index is 12.6. The number of aromatic nitrogens is 3. The first-order chi connectivity index (χ1) is 17.0. The minimum absolute atomic E-state index is 0.115. The molecular weight excluding hydrogens is 485 g/mol. The van der Waals surface area contributed by atoms with E-state index in [-0.39, 0.29) is 24.6 Å². The highest BCUT2D eigenvalue weighted by atomic mass is 28.3. The Morgan fingerprint density at radius 1 is 1.08 bits per heavy atom. The Balaban J connectivity index is 1.46. The maximum atomic E-state index is 12.6. The molecule has 1 aliphatic carbocycles. The van der Waals surface area contributed by atoms with E-state index in [1.165, 1.54) is 30.5 Å². The summed E-state index contributed by atoms with van der Waals surface area (Å²) in [5, 5.41) is 11.6. The van der Waals surface area contributed by atoms with Crippen molar-refractivity contribution >= 4 is 14.0 Å². The first-order valence-electron chi connectivity index (χ1n) is 12.0. The molecule has 36 heavy (non-hydrogen) atoms. The summed E-state index contributed by atoms with van der Waals surface area (Å²) in [7, 11) is -1.57. The third-order valence-electron chi connectivity index (χ3n) is 5.81. The van der Waals surface area contributed by atoms with Crippen LogP contribution in [0.5, 0.6) is 5.75 Å². The summed E-state index contributed by atoms with van der Waals surface area (Å²) >= 11 is 0. The Bertz CT molecular complexity index is 1180. The fraction of sp³-hybridized carbons (Fsp3) is 0.423. The summed E-state index contributed by atoms with van der Waals surface area (Å²) in [5.41, 5.74) is 4.38. The molecule has 6 nitrogen and oxygen atoms in total. The number of hydrogen-bond donors (Lipinski definition) is 1. The lowest BCUT2D eigenvalue weighted by atomic mass is 10.1. The van der Waals surface area contributed by atoms with E-state index < -0.39 is 20.9 Å². The molecule has 0 bridgehead atoms. The molecular formula is C26H31F3N4O2Si. The lowest BCUT2D eigenvalue weighted by Crippen LogP contribution is -2.29. The van der Waals surface area contributed by atoms with Crippen LogP contribution in [0.3, 0.4) is 0 Å².